The molecular formula is C20H28F3N3O5. The van der Waals surface area contributed by atoms with Crippen LogP contribution in [0.1, 0.15) is 42.7 Å². The highest BCUT2D eigenvalue weighted by atomic mass is 19.4. The van der Waals surface area contributed by atoms with Gasteiger partial charge >= 0.3 is 12.1 Å². The second-order valence-corrected chi connectivity index (χ2v) is 8.52. The van der Waals surface area contributed by atoms with Crippen molar-refractivity contribution in [1.82, 2.24) is 15.4 Å². The number of carboxylic acids is 1. The summed E-state index contributed by atoms with van der Waals surface area (Å²) in [6.45, 7) is 7.97. The fourth-order valence-electron chi connectivity index (χ4n) is 4.17. The van der Waals surface area contributed by atoms with E-state index in [2.05, 4.69) is 15.4 Å². The van der Waals surface area contributed by atoms with E-state index in [0.29, 0.717) is 12.5 Å². The molecule has 4 rings (SSSR count). The Labute approximate surface area is 178 Å². The van der Waals surface area contributed by atoms with Crippen molar-refractivity contribution < 1.29 is 37.1 Å². The first kappa shape index (κ1) is 23.5. The van der Waals surface area contributed by atoms with Crippen molar-refractivity contribution >= 4 is 11.9 Å². The number of ether oxygens (including phenoxy) is 1. The number of nitrogens with zero attached hydrogens (tertiary/aromatic N) is 2. The number of carboxylic acid groups (broad SMARTS) is 1. The first-order chi connectivity index (χ1) is 14.5. The largest absolute Gasteiger partial charge is 0.490 e. The number of carbonyl (C=O) groups excluding carboxylic acids is 1. The summed E-state index contributed by atoms with van der Waals surface area (Å²) in [5.74, 6) is -0.981. The molecule has 1 aliphatic carbocycles. The van der Waals surface area contributed by atoms with Crippen LogP contribution >= 0.6 is 0 Å². The molecule has 31 heavy (non-hydrogen) atoms. The summed E-state index contributed by atoms with van der Waals surface area (Å²) in [6.07, 6.45) is -0.763. The van der Waals surface area contributed by atoms with Crippen molar-refractivity contribution in [2.24, 2.45) is 11.3 Å². The molecule has 1 aromatic rings. The van der Waals surface area contributed by atoms with Crippen molar-refractivity contribution in [3.05, 3.63) is 17.0 Å². The average Bonchev–Trinajstić information content (AvgIpc) is 3.35. The third kappa shape index (κ3) is 5.57. The van der Waals surface area contributed by atoms with Crippen molar-refractivity contribution in [2.75, 3.05) is 26.2 Å². The number of fused-ring (bicyclic) bond motifs is 1. The number of alkyl halides is 3. The minimum atomic E-state index is -5.08. The quantitative estimate of drug-likeness (QED) is 0.714. The van der Waals surface area contributed by atoms with Crippen LogP contribution in [0.3, 0.4) is 0 Å². The van der Waals surface area contributed by atoms with Crippen LogP contribution in [-0.2, 0) is 20.9 Å². The molecule has 1 saturated carbocycles. The Morgan fingerprint density at radius 3 is 2.52 bits per heavy atom. The van der Waals surface area contributed by atoms with Gasteiger partial charge in [0.05, 0.1) is 17.2 Å². The summed E-state index contributed by atoms with van der Waals surface area (Å²) in [7, 11) is 0. The van der Waals surface area contributed by atoms with E-state index in [1.165, 1.54) is 12.8 Å². The molecule has 11 heteroatoms. The van der Waals surface area contributed by atoms with Crippen LogP contribution in [0.15, 0.2) is 4.52 Å². The summed E-state index contributed by atoms with van der Waals surface area (Å²) >= 11 is 0. The van der Waals surface area contributed by atoms with Gasteiger partial charge in [-0.3, -0.25) is 9.69 Å². The zero-order chi connectivity index (χ0) is 22.8. The van der Waals surface area contributed by atoms with Gasteiger partial charge in [0.25, 0.3) is 0 Å². The number of carbonyl (C=O) groups is 2. The molecule has 0 aromatic carbocycles. The summed E-state index contributed by atoms with van der Waals surface area (Å²) in [5, 5.41) is 14.4. The van der Waals surface area contributed by atoms with Gasteiger partial charge in [-0.2, -0.15) is 13.2 Å². The van der Waals surface area contributed by atoms with Crippen molar-refractivity contribution in [3.63, 3.8) is 0 Å². The molecule has 1 amide bonds. The molecule has 0 radical (unpaired) electrons. The molecule has 0 spiro atoms. The predicted molar refractivity (Wildman–Crippen MR) is 102 cm³/mol. The molecule has 0 bridgehead atoms. The molecule has 174 valence electrons. The van der Waals surface area contributed by atoms with E-state index in [1.807, 2.05) is 13.8 Å². The van der Waals surface area contributed by atoms with E-state index in [1.54, 1.807) is 0 Å². The maximum atomic E-state index is 13.0. The van der Waals surface area contributed by atoms with Crippen molar-refractivity contribution in [3.8, 4) is 0 Å². The van der Waals surface area contributed by atoms with Crippen molar-refractivity contribution in [2.45, 2.75) is 58.4 Å². The maximum Gasteiger partial charge on any atom is 0.490 e. The SMILES string of the molecule is Cc1noc(C)c1CN1CC[C@H]2OCC[C@@]2(C(=O)NCC2CC2)C1.O=C(O)C(F)(F)F. The lowest BCUT2D eigenvalue weighted by Gasteiger charge is -2.42. The zero-order valence-corrected chi connectivity index (χ0v) is 17.6. The number of nitrogens with one attached hydrogen (secondary N) is 1. The molecular weight excluding hydrogens is 419 g/mol. The lowest BCUT2D eigenvalue weighted by Crippen LogP contribution is -2.57. The van der Waals surface area contributed by atoms with Gasteiger partial charge in [0.15, 0.2) is 0 Å². The number of hydrogen-bond acceptors (Lipinski definition) is 6. The third-order valence-electron chi connectivity index (χ3n) is 6.20. The standard InChI is InChI=1S/C18H27N3O3.C2HF3O2/c1-12-15(13(2)24-20-12)10-21-7-5-16-18(11-21,6-8-23-16)17(22)19-9-14-3-4-14;3-2(4,5)1(6)7/h14,16H,3-11H2,1-2H3,(H,19,22);(H,6,7)/t16-,18-;/m1./s1. The van der Waals surface area contributed by atoms with E-state index in [4.69, 9.17) is 19.2 Å². The maximum absolute atomic E-state index is 13.0. The number of halogens is 3. The number of piperidine rings is 1. The van der Waals surface area contributed by atoms with Gasteiger partial charge in [0, 0.05) is 38.3 Å². The fraction of sp³-hybridized carbons (Fsp3) is 0.750. The summed E-state index contributed by atoms with van der Waals surface area (Å²) in [4.78, 5) is 24.2. The van der Waals surface area contributed by atoms with Gasteiger partial charge in [0.2, 0.25) is 5.91 Å². The Morgan fingerprint density at radius 1 is 1.29 bits per heavy atom. The molecule has 3 aliphatic rings. The van der Waals surface area contributed by atoms with E-state index >= 15 is 0 Å². The normalized spacial score (nSPS) is 26.0. The van der Waals surface area contributed by atoms with Crippen LogP contribution in [0.4, 0.5) is 13.2 Å². The van der Waals surface area contributed by atoms with Crippen LogP contribution < -0.4 is 5.32 Å². The van der Waals surface area contributed by atoms with Gasteiger partial charge in [-0.05, 0) is 45.4 Å². The highest BCUT2D eigenvalue weighted by molar-refractivity contribution is 5.84. The molecule has 3 heterocycles. The van der Waals surface area contributed by atoms with Crippen LogP contribution in [0, 0.1) is 25.2 Å². The average molecular weight is 447 g/mol. The summed E-state index contributed by atoms with van der Waals surface area (Å²) in [6, 6.07) is 0. The van der Waals surface area contributed by atoms with E-state index in [-0.39, 0.29) is 17.4 Å². The Balaban J connectivity index is 0.000000339. The predicted octanol–water partition coefficient (Wildman–Crippen LogP) is 2.43. The van der Waals surface area contributed by atoms with Crippen LogP contribution in [0.2, 0.25) is 0 Å². The van der Waals surface area contributed by atoms with E-state index in [9.17, 15) is 18.0 Å². The second kappa shape index (κ2) is 9.15. The second-order valence-electron chi connectivity index (χ2n) is 8.52. The number of rotatable bonds is 5. The molecule has 1 aromatic heterocycles. The molecule has 2 saturated heterocycles. The summed E-state index contributed by atoms with van der Waals surface area (Å²) < 4.78 is 42.9. The minimum Gasteiger partial charge on any atom is -0.475 e. The first-order valence-corrected chi connectivity index (χ1v) is 10.4. The number of aliphatic carboxylic acids is 1. The third-order valence-corrected chi connectivity index (χ3v) is 6.20. The Bertz CT molecular complexity index is 789. The van der Waals surface area contributed by atoms with Crippen LogP contribution in [0.5, 0.6) is 0 Å². The van der Waals surface area contributed by atoms with Gasteiger partial charge in [-0.1, -0.05) is 5.16 Å². The Hall–Kier alpha value is -2.14. The molecule has 0 unspecified atom stereocenters. The number of aromatic nitrogens is 1. The van der Waals surface area contributed by atoms with Crippen LogP contribution in [0.25, 0.3) is 0 Å². The van der Waals surface area contributed by atoms with Gasteiger partial charge in [-0.25, -0.2) is 4.79 Å². The lowest BCUT2D eigenvalue weighted by atomic mass is 9.75. The highest BCUT2D eigenvalue weighted by Crippen LogP contribution is 2.42. The lowest BCUT2D eigenvalue weighted by molar-refractivity contribution is -0.192. The molecule has 2 atom stereocenters. The molecule has 2 aliphatic heterocycles. The van der Waals surface area contributed by atoms with Gasteiger partial charge < -0.3 is 19.7 Å². The number of amides is 1. The molecule has 3 fully saturated rings. The van der Waals surface area contributed by atoms with Gasteiger partial charge in [-0.15, -0.1) is 0 Å². The van der Waals surface area contributed by atoms with E-state index < -0.39 is 12.1 Å². The highest BCUT2D eigenvalue weighted by Gasteiger charge is 2.53. The Morgan fingerprint density at radius 2 is 1.97 bits per heavy atom. The number of likely N-dealkylation sites (tertiary alicyclic amines) is 1. The summed E-state index contributed by atoms with van der Waals surface area (Å²) in [5.41, 5.74) is 1.72. The molecule has 2 N–H and O–H groups in total. The minimum absolute atomic E-state index is 0.0672. The zero-order valence-electron chi connectivity index (χ0n) is 17.6. The smallest absolute Gasteiger partial charge is 0.475 e. The number of hydrogen-bond donors (Lipinski definition) is 2. The molecule has 8 nitrogen and oxygen atoms in total. The van der Waals surface area contributed by atoms with E-state index in [0.717, 1.165) is 56.0 Å². The Kier molecular flexibility index (Phi) is 6.95. The topological polar surface area (TPSA) is 105 Å². The monoisotopic (exact) mass is 447 g/mol. The first-order valence-electron chi connectivity index (χ1n) is 10.4. The van der Waals surface area contributed by atoms with Crippen molar-refractivity contribution in [1.29, 1.82) is 0 Å². The van der Waals surface area contributed by atoms with Crippen LogP contribution in [-0.4, -0.2) is 65.6 Å². The fourth-order valence-corrected chi connectivity index (χ4v) is 4.17. The number of aryl methyl sites for hydroxylation is 2. The van der Waals surface area contributed by atoms with Gasteiger partial charge in [0.1, 0.15) is 5.76 Å².